The predicted octanol–water partition coefficient (Wildman–Crippen LogP) is 13.1. The Balaban J connectivity index is 1.17. The highest BCUT2D eigenvalue weighted by molar-refractivity contribution is 6.26. The molecule has 228 valence electrons. The number of hydrogen-bond donors (Lipinski definition) is 0. The van der Waals surface area contributed by atoms with Crippen molar-refractivity contribution in [3.05, 3.63) is 176 Å². The molecule has 0 atom stereocenters. The van der Waals surface area contributed by atoms with E-state index in [9.17, 15) is 0 Å². The molecule has 2 heterocycles. The lowest BCUT2D eigenvalue weighted by Crippen LogP contribution is -1.89. The molecule has 10 aromatic rings. The molecule has 0 fully saturated rings. The SMILES string of the molecule is c1ccc(-c2oc3c(-c4ccc(-c5ccc6c7ccccc7c7ccccc7c6c5)cc4)nc4ccccc4c3c2-c2ccccc2)cc1. The van der Waals surface area contributed by atoms with Crippen LogP contribution in [0.25, 0.3) is 99.0 Å². The minimum Gasteiger partial charge on any atom is -0.453 e. The van der Waals surface area contributed by atoms with Crippen LogP contribution in [0.3, 0.4) is 0 Å². The highest BCUT2D eigenvalue weighted by Crippen LogP contribution is 2.46. The van der Waals surface area contributed by atoms with Gasteiger partial charge >= 0.3 is 0 Å². The Morgan fingerprint density at radius 2 is 0.837 bits per heavy atom. The van der Waals surface area contributed by atoms with Gasteiger partial charge in [-0.1, -0.05) is 164 Å². The third-order valence-corrected chi connectivity index (χ3v) is 9.86. The van der Waals surface area contributed by atoms with Gasteiger partial charge in [-0.05, 0) is 61.1 Å². The number of aromatic nitrogens is 1. The van der Waals surface area contributed by atoms with E-state index >= 15 is 0 Å². The molecule has 2 heteroatoms. The largest absolute Gasteiger partial charge is 0.453 e. The Morgan fingerprint density at radius 1 is 0.347 bits per heavy atom. The Bertz CT molecular complexity index is 2810. The number of para-hydroxylation sites is 1. The zero-order valence-corrected chi connectivity index (χ0v) is 26.6. The van der Waals surface area contributed by atoms with Gasteiger partial charge in [-0.2, -0.15) is 0 Å². The summed E-state index contributed by atoms with van der Waals surface area (Å²) < 4.78 is 6.91. The van der Waals surface area contributed by atoms with Gasteiger partial charge in [0.25, 0.3) is 0 Å². The Morgan fingerprint density at radius 3 is 1.49 bits per heavy atom. The van der Waals surface area contributed by atoms with E-state index in [1.54, 1.807) is 0 Å². The molecule has 0 N–H and O–H groups in total. The molecule has 0 amide bonds. The van der Waals surface area contributed by atoms with Crippen molar-refractivity contribution in [3.8, 4) is 44.8 Å². The second kappa shape index (κ2) is 11.0. The van der Waals surface area contributed by atoms with E-state index in [-0.39, 0.29) is 0 Å². The second-order valence-corrected chi connectivity index (χ2v) is 12.6. The maximum absolute atomic E-state index is 6.91. The molecule has 0 spiro atoms. The fraction of sp³-hybridized carbons (Fsp3) is 0. The highest BCUT2D eigenvalue weighted by Gasteiger charge is 2.24. The molecule has 0 saturated heterocycles. The van der Waals surface area contributed by atoms with Crippen LogP contribution in [0.5, 0.6) is 0 Å². The minimum atomic E-state index is 0.799. The first-order chi connectivity index (χ1) is 24.3. The van der Waals surface area contributed by atoms with Gasteiger partial charge in [0.2, 0.25) is 0 Å². The van der Waals surface area contributed by atoms with Crippen molar-refractivity contribution in [2.45, 2.75) is 0 Å². The van der Waals surface area contributed by atoms with Crippen molar-refractivity contribution in [3.63, 3.8) is 0 Å². The van der Waals surface area contributed by atoms with Crippen LogP contribution in [0.4, 0.5) is 0 Å². The van der Waals surface area contributed by atoms with Crippen LogP contribution < -0.4 is 0 Å². The fourth-order valence-electron chi connectivity index (χ4n) is 7.59. The fourth-order valence-corrected chi connectivity index (χ4v) is 7.59. The summed E-state index contributed by atoms with van der Waals surface area (Å²) in [6.07, 6.45) is 0. The van der Waals surface area contributed by atoms with Crippen LogP contribution in [-0.2, 0) is 0 Å². The number of furan rings is 1. The van der Waals surface area contributed by atoms with Crippen molar-refractivity contribution in [1.82, 2.24) is 4.98 Å². The maximum atomic E-state index is 6.91. The summed E-state index contributed by atoms with van der Waals surface area (Å²) in [5.41, 5.74) is 9.21. The summed E-state index contributed by atoms with van der Waals surface area (Å²) in [6, 6.07) is 62.4. The summed E-state index contributed by atoms with van der Waals surface area (Å²) in [5, 5.41) is 9.85. The second-order valence-electron chi connectivity index (χ2n) is 12.6. The van der Waals surface area contributed by atoms with E-state index < -0.39 is 0 Å². The number of fused-ring (bicyclic) bond motifs is 9. The molecule has 2 nitrogen and oxygen atoms in total. The molecule has 0 saturated carbocycles. The van der Waals surface area contributed by atoms with Crippen LogP contribution in [-0.4, -0.2) is 4.98 Å². The summed E-state index contributed by atoms with van der Waals surface area (Å²) in [5.74, 6) is 0.855. The van der Waals surface area contributed by atoms with Crippen LogP contribution in [0, 0.1) is 0 Å². The lowest BCUT2D eigenvalue weighted by Gasteiger charge is -2.12. The maximum Gasteiger partial charge on any atom is 0.162 e. The first-order valence-corrected chi connectivity index (χ1v) is 16.7. The molecule has 0 unspecified atom stereocenters. The van der Waals surface area contributed by atoms with E-state index in [0.717, 1.165) is 61.1 Å². The summed E-state index contributed by atoms with van der Waals surface area (Å²) in [4.78, 5) is 5.23. The Hall–Kier alpha value is -6.51. The lowest BCUT2D eigenvalue weighted by atomic mass is 9.92. The number of pyridine rings is 1. The van der Waals surface area contributed by atoms with Crippen LogP contribution in [0.2, 0.25) is 0 Å². The third-order valence-electron chi connectivity index (χ3n) is 9.86. The molecular weight excluding hydrogens is 595 g/mol. The standard InChI is InChI=1S/C47H29NO/c1-3-13-31(14-4-1)43-44-40-21-11-12-22-42(40)48-45(47(44)49-46(43)33-15-5-2-6-16-33)32-25-23-30(24-26-32)34-27-28-39-37-19-8-7-17-35(37)36-18-9-10-20-38(36)41(39)29-34/h1-29H. The predicted molar refractivity (Wildman–Crippen MR) is 206 cm³/mol. The third kappa shape index (κ3) is 4.38. The summed E-state index contributed by atoms with van der Waals surface area (Å²) >= 11 is 0. The van der Waals surface area contributed by atoms with Crippen molar-refractivity contribution in [2.24, 2.45) is 0 Å². The lowest BCUT2D eigenvalue weighted by molar-refractivity contribution is 0.632. The van der Waals surface area contributed by atoms with Crippen LogP contribution in [0.15, 0.2) is 180 Å². The highest BCUT2D eigenvalue weighted by atomic mass is 16.3. The molecule has 0 aliphatic heterocycles. The molecule has 0 bridgehead atoms. The monoisotopic (exact) mass is 623 g/mol. The smallest absolute Gasteiger partial charge is 0.162 e. The van der Waals surface area contributed by atoms with Gasteiger partial charge < -0.3 is 4.42 Å². The average Bonchev–Trinajstić information content (AvgIpc) is 3.60. The normalized spacial score (nSPS) is 11.7. The quantitative estimate of drug-likeness (QED) is 0.182. The van der Waals surface area contributed by atoms with Gasteiger partial charge in [0.05, 0.1) is 5.52 Å². The van der Waals surface area contributed by atoms with E-state index in [0.29, 0.717) is 0 Å². The van der Waals surface area contributed by atoms with Crippen molar-refractivity contribution < 1.29 is 4.42 Å². The van der Waals surface area contributed by atoms with Crippen LogP contribution in [0.1, 0.15) is 0 Å². The molecule has 0 radical (unpaired) electrons. The van der Waals surface area contributed by atoms with Gasteiger partial charge in [-0.15, -0.1) is 0 Å². The topological polar surface area (TPSA) is 26.0 Å². The van der Waals surface area contributed by atoms with Gasteiger partial charge in [-0.3, -0.25) is 0 Å². The van der Waals surface area contributed by atoms with Gasteiger partial charge in [0.15, 0.2) is 5.58 Å². The molecule has 10 rings (SSSR count). The number of benzene rings is 8. The van der Waals surface area contributed by atoms with Crippen molar-refractivity contribution >= 4 is 54.2 Å². The molecule has 2 aromatic heterocycles. The molecular formula is C47H29NO. The zero-order chi connectivity index (χ0) is 32.3. The van der Waals surface area contributed by atoms with Crippen molar-refractivity contribution in [1.29, 1.82) is 0 Å². The zero-order valence-electron chi connectivity index (χ0n) is 26.6. The summed E-state index contributed by atoms with van der Waals surface area (Å²) in [6.45, 7) is 0. The molecule has 49 heavy (non-hydrogen) atoms. The van der Waals surface area contributed by atoms with Gasteiger partial charge in [0, 0.05) is 27.5 Å². The van der Waals surface area contributed by atoms with E-state index in [2.05, 4.69) is 170 Å². The number of hydrogen-bond acceptors (Lipinski definition) is 2. The number of rotatable bonds is 4. The first-order valence-electron chi connectivity index (χ1n) is 16.7. The molecule has 0 aliphatic carbocycles. The molecule has 8 aromatic carbocycles. The number of nitrogens with zero attached hydrogens (tertiary/aromatic N) is 1. The first kappa shape index (κ1) is 27.6. The van der Waals surface area contributed by atoms with Crippen LogP contribution >= 0.6 is 0 Å². The van der Waals surface area contributed by atoms with E-state index in [1.807, 2.05) is 6.07 Å². The van der Waals surface area contributed by atoms with Crippen molar-refractivity contribution in [2.75, 3.05) is 0 Å². The van der Waals surface area contributed by atoms with E-state index in [4.69, 9.17) is 9.40 Å². The summed E-state index contributed by atoms with van der Waals surface area (Å²) in [7, 11) is 0. The average molecular weight is 624 g/mol. The Kier molecular flexibility index (Phi) is 6.22. The molecule has 0 aliphatic rings. The van der Waals surface area contributed by atoms with Gasteiger partial charge in [0.1, 0.15) is 11.5 Å². The minimum absolute atomic E-state index is 0.799. The van der Waals surface area contributed by atoms with Gasteiger partial charge in [-0.25, -0.2) is 4.98 Å². The Labute approximate surface area is 283 Å². The van der Waals surface area contributed by atoms with E-state index in [1.165, 1.54) is 37.9 Å².